The van der Waals surface area contributed by atoms with Gasteiger partial charge in [-0.25, -0.2) is 0 Å². The topological polar surface area (TPSA) is 32.6 Å². The molecule has 2 aromatic rings. The molecule has 0 atom stereocenters. The highest BCUT2D eigenvalue weighted by atomic mass is 79.9. The summed E-state index contributed by atoms with van der Waals surface area (Å²) in [6.45, 7) is 0. The highest BCUT2D eigenvalue weighted by Gasteiger charge is 2.00. The van der Waals surface area contributed by atoms with Crippen molar-refractivity contribution in [3.63, 3.8) is 0 Å². The van der Waals surface area contributed by atoms with Gasteiger partial charge in [0.2, 0.25) is 0 Å². The van der Waals surface area contributed by atoms with Gasteiger partial charge >= 0.3 is 0 Å². The highest BCUT2D eigenvalue weighted by molar-refractivity contribution is 9.10. The Labute approximate surface area is 113 Å². The fraction of sp³-hybridized carbons (Fsp3) is 0. The molecule has 86 valence electrons. The predicted molar refractivity (Wildman–Crippen MR) is 74.5 cm³/mol. The Balaban J connectivity index is 2.32. The number of rotatable bonds is 2. The number of hydrogen-bond donors (Lipinski definition) is 1. The molecule has 0 spiro atoms. The summed E-state index contributed by atoms with van der Waals surface area (Å²) < 4.78 is 0.885. The zero-order chi connectivity index (χ0) is 12.3. The predicted octanol–water partition coefficient (Wildman–Crippen LogP) is 4.56. The molecular formula is C13H9BrClNO. The van der Waals surface area contributed by atoms with Crippen LogP contribution in [0.15, 0.2) is 51.9 Å². The van der Waals surface area contributed by atoms with Crippen LogP contribution in [0.5, 0.6) is 5.75 Å². The van der Waals surface area contributed by atoms with Crippen molar-refractivity contribution in [2.24, 2.45) is 4.99 Å². The molecule has 0 saturated heterocycles. The van der Waals surface area contributed by atoms with Gasteiger partial charge in [0.15, 0.2) is 0 Å². The Hall–Kier alpha value is -1.32. The first-order valence-electron chi connectivity index (χ1n) is 4.94. The second-order valence-corrected chi connectivity index (χ2v) is 4.74. The second-order valence-electron chi connectivity index (χ2n) is 3.41. The van der Waals surface area contributed by atoms with Crippen LogP contribution in [-0.4, -0.2) is 11.3 Å². The average molecular weight is 311 g/mol. The fourth-order valence-corrected chi connectivity index (χ4v) is 1.89. The maximum atomic E-state index is 9.64. The van der Waals surface area contributed by atoms with E-state index in [-0.39, 0.29) is 5.75 Å². The first kappa shape index (κ1) is 12.1. The molecule has 0 saturated carbocycles. The Bertz CT molecular complexity index is 569. The number of nitrogens with zero attached hydrogens (tertiary/aromatic N) is 1. The lowest BCUT2D eigenvalue weighted by Gasteiger charge is -2.00. The van der Waals surface area contributed by atoms with Crippen LogP contribution in [-0.2, 0) is 0 Å². The molecule has 0 amide bonds. The summed E-state index contributed by atoms with van der Waals surface area (Å²) in [4.78, 5) is 4.24. The molecule has 0 aliphatic rings. The maximum absolute atomic E-state index is 9.64. The van der Waals surface area contributed by atoms with E-state index in [9.17, 15) is 5.11 Å². The van der Waals surface area contributed by atoms with Crippen molar-refractivity contribution in [1.82, 2.24) is 0 Å². The van der Waals surface area contributed by atoms with Gasteiger partial charge in [-0.05, 0) is 30.3 Å². The van der Waals surface area contributed by atoms with Gasteiger partial charge in [0.1, 0.15) is 5.75 Å². The zero-order valence-electron chi connectivity index (χ0n) is 8.77. The van der Waals surface area contributed by atoms with Crippen molar-refractivity contribution in [3.05, 3.63) is 57.5 Å². The minimum Gasteiger partial charge on any atom is -0.507 e. The van der Waals surface area contributed by atoms with E-state index >= 15 is 0 Å². The summed E-state index contributed by atoms with van der Waals surface area (Å²) in [7, 11) is 0. The van der Waals surface area contributed by atoms with Crippen LogP contribution >= 0.6 is 27.5 Å². The number of phenols is 1. The SMILES string of the molecule is Oc1ccc(Br)cc1C=Nc1ccccc1Cl. The quantitative estimate of drug-likeness (QED) is 0.810. The van der Waals surface area contributed by atoms with Crippen LogP contribution < -0.4 is 0 Å². The van der Waals surface area contributed by atoms with E-state index < -0.39 is 0 Å². The molecule has 0 radical (unpaired) electrons. The van der Waals surface area contributed by atoms with E-state index in [1.165, 1.54) is 0 Å². The first-order valence-corrected chi connectivity index (χ1v) is 6.11. The van der Waals surface area contributed by atoms with Crippen molar-refractivity contribution in [2.75, 3.05) is 0 Å². The first-order chi connectivity index (χ1) is 8.16. The molecule has 0 bridgehead atoms. The minimum absolute atomic E-state index is 0.184. The Morgan fingerprint density at radius 2 is 1.94 bits per heavy atom. The standard InChI is InChI=1S/C13H9BrClNO/c14-10-5-6-13(17)9(7-10)8-16-12-4-2-1-3-11(12)15/h1-8,17H. The normalized spacial score (nSPS) is 10.9. The van der Waals surface area contributed by atoms with Crippen molar-refractivity contribution in [1.29, 1.82) is 0 Å². The summed E-state index contributed by atoms with van der Waals surface area (Å²) in [5.41, 5.74) is 1.31. The number of aromatic hydroxyl groups is 1. The summed E-state index contributed by atoms with van der Waals surface area (Å²) in [6, 6.07) is 12.5. The lowest BCUT2D eigenvalue weighted by atomic mass is 10.2. The van der Waals surface area contributed by atoms with Crippen molar-refractivity contribution in [3.8, 4) is 5.75 Å². The Morgan fingerprint density at radius 1 is 1.18 bits per heavy atom. The van der Waals surface area contributed by atoms with Crippen LogP contribution in [0, 0.1) is 0 Å². The third kappa shape index (κ3) is 3.08. The number of benzene rings is 2. The van der Waals surface area contributed by atoms with Crippen LogP contribution in [0.25, 0.3) is 0 Å². The van der Waals surface area contributed by atoms with Crippen molar-refractivity contribution < 1.29 is 5.11 Å². The van der Waals surface area contributed by atoms with Gasteiger partial charge in [-0.15, -0.1) is 0 Å². The molecular weight excluding hydrogens is 302 g/mol. The molecule has 0 aliphatic carbocycles. The van der Waals surface area contributed by atoms with Crippen LogP contribution in [0.2, 0.25) is 5.02 Å². The number of hydrogen-bond acceptors (Lipinski definition) is 2. The zero-order valence-corrected chi connectivity index (χ0v) is 11.1. The van der Waals surface area contributed by atoms with E-state index in [0.717, 1.165) is 4.47 Å². The monoisotopic (exact) mass is 309 g/mol. The third-order valence-electron chi connectivity index (χ3n) is 2.18. The van der Waals surface area contributed by atoms with E-state index in [0.29, 0.717) is 16.3 Å². The van der Waals surface area contributed by atoms with Gasteiger partial charge in [0.25, 0.3) is 0 Å². The molecule has 1 N–H and O–H groups in total. The molecule has 2 nitrogen and oxygen atoms in total. The molecule has 17 heavy (non-hydrogen) atoms. The summed E-state index contributed by atoms with van der Waals surface area (Å²) >= 11 is 9.31. The summed E-state index contributed by atoms with van der Waals surface area (Å²) in [5, 5.41) is 10.2. The van der Waals surface area contributed by atoms with E-state index in [1.807, 2.05) is 18.2 Å². The van der Waals surface area contributed by atoms with Crippen molar-refractivity contribution >= 4 is 39.4 Å². The second kappa shape index (κ2) is 5.34. The Kier molecular flexibility index (Phi) is 3.82. The number of halogens is 2. The smallest absolute Gasteiger partial charge is 0.124 e. The molecule has 0 heterocycles. The van der Waals surface area contributed by atoms with Gasteiger partial charge in [0, 0.05) is 16.3 Å². The van der Waals surface area contributed by atoms with Crippen molar-refractivity contribution in [2.45, 2.75) is 0 Å². The molecule has 2 rings (SSSR count). The highest BCUT2D eigenvalue weighted by Crippen LogP contribution is 2.25. The molecule has 0 unspecified atom stereocenters. The third-order valence-corrected chi connectivity index (χ3v) is 3.00. The van der Waals surface area contributed by atoms with Gasteiger partial charge in [-0.3, -0.25) is 4.99 Å². The van der Waals surface area contributed by atoms with E-state index in [4.69, 9.17) is 11.6 Å². The van der Waals surface area contributed by atoms with Crippen LogP contribution in [0.3, 0.4) is 0 Å². The molecule has 4 heteroatoms. The van der Waals surface area contributed by atoms with E-state index in [2.05, 4.69) is 20.9 Å². The summed E-state index contributed by atoms with van der Waals surface area (Å²) in [5.74, 6) is 0.184. The number of aliphatic imine (C=N–C) groups is 1. The molecule has 0 aromatic heterocycles. The van der Waals surface area contributed by atoms with Crippen LogP contribution in [0.1, 0.15) is 5.56 Å². The van der Waals surface area contributed by atoms with Gasteiger partial charge < -0.3 is 5.11 Å². The summed E-state index contributed by atoms with van der Waals surface area (Å²) in [6.07, 6.45) is 1.58. The molecule has 2 aromatic carbocycles. The number of phenolic OH excluding ortho intramolecular Hbond substituents is 1. The number of para-hydroxylation sites is 1. The average Bonchev–Trinajstić information content (AvgIpc) is 2.32. The largest absolute Gasteiger partial charge is 0.507 e. The molecule has 0 fully saturated rings. The fourth-order valence-electron chi connectivity index (χ4n) is 1.32. The van der Waals surface area contributed by atoms with Gasteiger partial charge in [-0.1, -0.05) is 39.7 Å². The van der Waals surface area contributed by atoms with Crippen LogP contribution in [0.4, 0.5) is 5.69 Å². The lowest BCUT2D eigenvalue weighted by Crippen LogP contribution is -1.82. The lowest BCUT2D eigenvalue weighted by molar-refractivity contribution is 0.474. The molecule has 0 aliphatic heterocycles. The minimum atomic E-state index is 0.184. The van der Waals surface area contributed by atoms with Gasteiger partial charge in [-0.2, -0.15) is 0 Å². The maximum Gasteiger partial charge on any atom is 0.124 e. The van der Waals surface area contributed by atoms with Gasteiger partial charge in [0.05, 0.1) is 10.7 Å². The van der Waals surface area contributed by atoms with E-state index in [1.54, 1.807) is 30.5 Å². The Morgan fingerprint density at radius 3 is 2.71 bits per heavy atom.